The third-order valence-electron chi connectivity index (χ3n) is 4.09. The van der Waals surface area contributed by atoms with E-state index in [1.54, 1.807) is 6.20 Å². The Morgan fingerprint density at radius 3 is 2.82 bits per heavy atom. The number of hydrogen-bond acceptors (Lipinski definition) is 4. The monoisotopic (exact) mass is 307 g/mol. The molecule has 1 saturated heterocycles. The van der Waals surface area contributed by atoms with Gasteiger partial charge in [0.1, 0.15) is 11.3 Å². The van der Waals surface area contributed by atoms with Crippen LogP contribution in [0, 0.1) is 11.6 Å². The van der Waals surface area contributed by atoms with E-state index in [-0.39, 0.29) is 12.1 Å². The first-order valence-corrected chi connectivity index (χ1v) is 7.51. The van der Waals surface area contributed by atoms with Crippen molar-refractivity contribution in [3.63, 3.8) is 0 Å². The SMILES string of the molecule is OCCN1CCCN(c2ccnc3c(F)cc(F)cc23)CC1. The van der Waals surface area contributed by atoms with Gasteiger partial charge < -0.3 is 10.0 Å². The molecule has 1 aliphatic heterocycles. The number of aliphatic hydroxyl groups excluding tert-OH is 1. The van der Waals surface area contributed by atoms with Gasteiger partial charge in [-0.3, -0.25) is 9.88 Å². The number of aliphatic hydroxyl groups is 1. The summed E-state index contributed by atoms with van der Waals surface area (Å²) in [5, 5.41) is 9.56. The van der Waals surface area contributed by atoms with Crippen LogP contribution >= 0.6 is 0 Å². The number of nitrogens with zero attached hydrogens (tertiary/aromatic N) is 3. The van der Waals surface area contributed by atoms with Crippen LogP contribution in [0.1, 0.15) is 6.42 Å². The van der Waals surface area contributed by atoms with Crippen molar-refractivity contribution in [1.29, 1.82) is 0 Å². The maximum atomic E-state index is 13.9. The van der Waals surface area contributed by atoms with E-state index in [2.05, 4.69) is 14.8 Å². The second-order valence-electron chi connectivity index (χ2n) is 5.52. The molecule has 118 valence electrons. The van der Waals surface area contributed by atoms with Gasteiger partial charge >= 0.3 is 0 Å². The summed E-state index contributed by atoms with van der Waals surface area (Å²) in [6.45, 7) is 4.13. The molecule has 0 amide bonds. The second-order valence-corrected chi connectivity index (χ2v) is 5.52. The summed E-state index contributed by atoms with van der Waals surface area (Å²) in [4.78, 5) is 8.37. The molecule has 1 N–H and O–H groups in total. The van der Waals surface area contributed by atoms with Crippen LogP contribution in [-0.4, -0.2) is 54.3 Å². The van der Waals surface area contributed by atoms with Crippen LogP contribution in [0.3, 0.4) is 0 Å². The molecular weight excluding hydrogens is 288 g/mol. The van der Waals surface area contributed by atoms with Gasteiger partial charge in [-0.15, -0.1) is 0 Å². The van der Waals surface area contributed by atoms with Crippen LogP contribution in [0.4, 0.5) is 14.5 Å². The van der Waals surface area contributed by atoms with E-state index in [9.17, 15) is 8.78 Å². The molecule has 0 spiro atoms. The molecule has 4 nitrogen and oxygen atoms in total. The standard InChI is InChI=1S/C16H19F2N3O/c17-12-10-13-15(2-3-19-16(13)14(18)11-12)21-5-1-4-20(6-7-21)8-9-22/h2-3,10-11,22H,1,4-9H2. The van der Waals surface area contributed by atoms with Crippen LogP contribution in [0.15, 0.2) is 24.4 Å². The molecule has 0 atom stereocenters. The highest BCUT2D eigenvalue weighted by Gasteiger charge is 2.18. The highest BCUT2D eigenvalue weighted by atomic mass is 19.1. The average molecular weight is 307 g/mol. The molecule has 1 aromatic heterocycles. The van der Waals surface area contributed by atoms with Gasteiger partial charge in [0.15, 0.2) is 5.82 Å². The number of β-amino-alcohol motifs (C(OH)–C–C–N with tert-alkyl or cyclic N) is 1. The second kappa shape index (κ2) is 6.54. The predicted molar refractivity (Wildman–Crippen MR) is 82.0 cm³/mol. The smallest absolute Gasteiger partial charge is 0.152 e. The van der Waals surface area contributed by atoms with Gasteiger partial charge in [-0.25, -0.2) is 8.78 Å². The fourth-order valence-electron chi connectivity index (χ4n) is 3.02. The normalized spacial score (nSPS) is 17.0. The van der Waals surface area contributed by atoms with E-state index in [1.165, 1.54) is 6.07 Å². The van der Waals surface area contributed by atoms with Gasteiger partial charge in [0.25, 0.3) is 0 Å². The van der Waals surface area contributed by atoms with Gasteiger partial charge in [-0.05, 0) is 25.1 Å². The van der Waals surface area contributed by atoms with Crippen LogP contribution in [0.25, 0.3) is 10.9 Å². The minimum atomic E-state index is -0.631. The molecule has 0 aliphatic carbocycles. The Labute approximate surface area is 128 Å². The molecule has 0 saturated carbocycles. The Balaban J connectivity index is 1.93. The van der Waals surface area contributed by atoms with E-state index in [1.807, 2.05) is 6.07 Å². The van der Waals surface area contributed by atoms with Crippen LogP contribution in [-0.2, 0) is 0 Å². The molecule has 1 aliphatic rings. The molecule has 2 aromatic rings. The number of pyridine rings is 1. The zero-order valence-electron chi connectivity index (χ0n) is 12.3. The predicted octanol–water partition coefficient (Wildman–Crippen LogP) is 2.02. The lowest BCUT2D eigenvalue weighted by Gasteiger charge is -2.24. The fourth-order valence-corrected chi connectivity index (χ4v) is 3.02. The molecule has 1 fully saturated rings. The third-order valence-corrected chi connectivity index (χ3v) is 4.09. The summed E-state index contributed by atoms with van der Waals surface area (Å²) in [7, 11) is 0. The lowest BCUT2D eigenvalue weighted by molar-refractivity contribution is 0.204. The number of benzene rings is 1. The molecule has 6 heteroatoms. The van der Waals surface area contributed by atoms with Crippen molar-refractivity contribution in [1.82, 2.24) is 9.88 Å². The minimum Gasteiger partial charge on any atom is -0.395 e. The number of halogens is 2. The molecule has 3 rings (SSSR count). The average Bonchev–Trinajstić information content (AvgIpc) is 2.73. The van der Waals surface area contributed by atoms with Gasteiger partial charge in [0.05, 0.1) is 6.61 Å². The number of fused-ring (bicyclic) bond motifs is 1. The fraction of sp³-hybridized carbons (Fsp3) is 0.438. The van der Waals surface area contributed by atoms with Gasteiger partial charge in [-0.2, -0.15) is 0 Å². The Hall–Kier alpha value is -1.79. The van der Waals surface area contributed by atoms with E-state index < -0.39 is 11.6 Å². The Kier molecular flexibility index (Phi) is 4.49. The minimum absolute atomic E-state index is 0.147. The van der Waals surface area contributed by atoms with Crippen LogP contribution in [0.2, 0.25) is 0 Å². The Bertz CT molecular complexity index is 665. The molecular formula is C16H19F2N3O. The highest BCUT2D eigenvalue weighted by molar-refractivity contribution is 5.92. The van der Waals surface area contributed by atoms with Crippen molar-refractivity contribution in [2.24, 2.45) is 0 Å². The third kappa shape index (κ3) is 3.03. The summed E-state index contributed by atoms with van der Waals surface area (Å²) < 4.78 is 27.4. The number of aromatic nitrogens is 1. The van der Waals surface area contributed by atoms with Crippen molar-refractivity contribution in [2.75, 3.05) is 44.2 Å². The van der Waals surface area contributed by atoms with Crippen LogP contribution < -0.4 is 4.90 Å². The summed E-state index contributed by atoms with van der Waals surface area (Å²) in [6.07, 6.45) is 2.51. The van der Waals surface area contributed by atoms with Gasteiger partial charge in [0.2, 0.25) is 0 Å². The van der Waals surface area contributed by atoms with Crippen molar-refractivity contribution < 1.29 is 13.9 Å². The summed E-state index contributed by atoms with van der Waals surface area (Å²) in [6, 6.07) is 4.02. The zero-order chi connectivity index (χ0) is 15.5. The lowest BCUT2D eigenvalue weighted by Crippen LogP contribution is -2.32. The lowest BCUT2D eigenvalue weighted by atomic mass is 10.1. The summed E-state index contributed by atoms with van der Waals surface area (Å²) >= 11 is 0. The van der Waals surface area contributed by atoms with Crippen molar-refractivity contribution >= 4 is 16.6 Å². The van der Waals surface area contributed by atoms with Gasteiger partial charge in [0, 0.05) is 49.5 Å². The van der Waals surface area contributed by atoms with Crippen molar-refractivity contribution in [3.05, 3.63) is 36.0 Å². The molecule has 22 heavy (non-hydrogen) atoms. The summed E-state index contributed by atoms with van der Waals surface area (Å²) in [5.41, 5.74) is 1.02. The topological polar surface area (TPSA) is 39.6 Å². The molecule has 0 radical (unpaired) electrons. The van der Waals surface area contributed by atoms with E-state index in [0.717, 1.165) is 44.4 Å². The first kappa shape index (κ1) is 15.1. The van der Waals surface area contributed by atoms with Crippen molar-refractivity contribution in [2.45, 2.75) is 6.42 Å². The maximum absolute atomic E-state index is 13.9. The molecule has 2 heterocycles. The molecule has 0 unspecified atom stereocenters. The van der Waals surface area contributed by atoms with E-state index in [0.29, 0.717) is 11.9 Å². The quantitative estimate of drug-likeness (QED) is 0.942. The Morgan fingerprint density at radius 1 is 1.14 bits per heavy atom. The molecule has 0 bridgehead atoms. The maximum Gasteiger partial charge on any atom is 0.152 e. The zero-order valence-corrected chi connectivity index (χ0v) is 12.3. The number of hydrogen-bond donors (Lipinski definition) is 1. The number of rotatable bonds is 3. The first-order chi connectivity index (χ1) is 10.7. The van der Waals surface area contributed by atoms with E-state index >= 15 is 0 Å². The number of anilines is 1. The van der Waals surface area contributed by atoms with Gasteiger partial charge in [-0.1, -0.05) is 0 Å². The van der Waals surface area contributed by atoms with Crippen LogP contribution in [0.5, 0.6) is 0 Å². The summed E-state index contributed by atoms with van der Waals surface area (Å²) in [5.74, 6) is -1.22. The first-order valence-electron chi connectivity index (χ1n) is 7.51. The van der Waals surface area contributed by atoms with E-state index in [4.69, 9.17) is 5.11 Å². The largest absolute Gasteiger partial charge is 0.395 e. The Morgan fingerprint density at radius 2 is 2.00 bits per heavy atom. The van der Waals surface area contributed by atoms with Crippen molar-refractivity contribution in [3.8, 4) is 0 Å². The highest BCUT2D eigenvalue weighted by Crippen LogP contribution is 2.28. The molecule has 1 aromatic carbocycles.